The van der Waals surface area contributed by atoms with Gasteiger partial charge in [-0.3, -0.25) is 10.1 Å². The Morgan fingerprint density at radius 2 is 2.19 bits per heavy atom. The second-order valence-corrected chi connectivity index (χ2v) is 5.44. The van der Waals surface area contributed by atoms with E-state index in [-0.39, 0.29) is 10.6 Å². The second-order valence-electron chi connectivity index (χ2n) is 4.60. The lowest BCUT2D eigenvalue weighted by molar-refractivity contribution is -0.384. The quantitative estimate of drug-likeness (QED) is 0.493. The van der Waals surface area contributed by atoms with Gasteiger partial charge >= 0.3 is 0 Å². The summed E-state index contributed by atoms with van der Waals surface area (Å²) >= 11 is 1.47. The van der Waals surface area contributed by atoms with Gasteiger partial charge in [-0.1, -0.05) is 12.1 Å². The van der Waals surface area contributed by atoms with Gasteiger partial charge < -0.3 is 4.57 Å². The molecular weight excluding hydrogens is 288 g/mol. The Morgan fingerprint density at radius 3 is 2.81 bits per heavy atom. The van der Waals surface area contributed by atoms with Gasteiger partial charge in [-0.15, -0.1) is 16.4 Å². The zero-order valence-corrected chi connectivity index (χ0v) is 12.9. The molecule has 1 aromatic carbocycles. The molecule has 0 aliphatic rings. The third-order valence-corrected chi connectivity index (χ3v) is 3.66. The first-order chi connectivity index (χ1) is 10.0. The third-order valence-electron chi connectivity index (χ3n) is 2.80. The molecule has 0 fully saturated rings. The van der Waals surface area contributed by atoms with Crippen LogP contribution in [-0.2, 0) is 6.54 Å². The van der Waals surface area contributed by atoms with Gasteiger partial charge in [0.25, 0.3) is 5.69 Å². The molecule has 0 radical (unpaired) electrons. The number of benzene rings is 1. The van der Waals surface area contributed by atoms with Crippen molar-refractivity contribution in [3.05, 3.63) is 44.6 Å². The summed E-state index contributed by atoms with van der Waals surface area (Å²) in [5.41, 5.74) is 2.68. The maximum absolute atomic E-state index is 10.9. The van der Waals surface area contributed by atoms with Gasteiger partial charge in [0, 0.05) is 35.3 Å². The van der Waals surface area contributed by atoms with Crippen molar-refractivity contribution in [1.82, 2.24) is 4.57 Å². The average molecular weight is 304 g/mol. The van der Waals surface area contributed by atoms with Crippen LogP contribution in [0.25, 0.3) is 11.3 Å². The fourth-order valence-electron chi connectivity index (χ4n) is 1.87. The Hall–Kier alpha value is -2.28. The summed E-state index contributed by atoms with van der Waals surface area (Å²) in [7, 11) is 0. The zero-order chi connectivity index (χ0) is 15.4. The Bertz CT molecular complexity index is 754. The lowest BCUT2D eigenvalue weighted by atomic mass is 10.1. The number of thiazole rings is 1. The number of nitro benzene ring substituents is 1. The summed E-state index contributed by atoms with van der Waals surface area (Å²) in [4.78, 5) is 11.3. The standard InChI is InChI=1S/C14H16N4O2S/c1-4-17-13(9-21-14(17)16-15-10(2)3)11-6-5-7-12(8-11)18(19)20/h5-9H,4H2,1-3H3/b16-14-. The molecule has 110 valence electrons. The van der Waals surface area contributed by atoms with Crippen LogP contribution in [0.5, 0.6) is 0 Å². The van der Waals surface area contributed by atoms with E-state index < -0.39 is 0 Å². The largest absolute Gasteiger partial charge is 0.315 e. The van der Waals surface area contributed by atoms with Crippen LogP contribution in [0.2, 0.25) is 0 Å². The Balaban J connectivity index is 2.55. The minimum atomic E-state index is -0.387. The fourth-order valence-corrected chi connectivity index (χ4v) is 2.79. The Morgan fingerprint density at radius 1 is 1.43 bits per heavy atom. The van der Waals surface area contributed by atoms with Crippen molar-refractivity contribution < 1.29 is 4.92 Å². The first kappa shape index (κ1) is 15.1. The van der Waals surface area contributed by atoms with E-state index >= 15 is 0 Å². The molecule has 6 nitrogen and oxygen atoms in total. The van der Waals surface area contributed by atoms with E-state index in [0.717, 1.165) is 28.3 Å². The molecule has 2 rings (SSSR count). The molecule has 0 spiro atoms. The van der Waals surface area contributed by atoms with Crippen LogP contribution in [-0.4, -0.2) is 15.2 Å². The number of rotatable bonds is 4. The summed E-state index contributed by atoms with van der Waals surface area (Å²) in [5, 5.41) is 21.1. The number of non-ortho nitro benzene ring substituents is 1. The van der Waals surface area contributed by atoms with Crippen molar-refractivity contribution >= 4 is 22.7 Å². The SMILES string of the molecule is CCn1c(-c2cccc([N+](=O)[O-])c2)cs/c1=N\N=C(C)C. The highest BCUT2D eigenvalue weighted by molar-refractivity contribution is 7.07. The number of nitrogens with zero attached hydrogens (tertiary/aromatic N) is 4. The molecule has 7 heteroatoms. The monoisotopic (exact) mass is 304 g/mol. The smallest absolute Gasteiger partial charge is 0.270 e. The maximum Gasteiger partial charge on any atom is 0.270 e. The van der Waals surface area contributed by atoms with Crippen LogP contribution in [0.15, 0.2) is 39.8 Å². The summed E-state index contributed by atoms with van der Waals surface area (Å²) < 4.78 is 2.00. The van der Waals surface area contributed by atoms with Gasteiger partial charge in [-0.2, -0.15) is 5.10 Å². The number of aromatic nitrogens is 1. The molecule has 0 aliphatic heterocycles. The van der Waals surface area contributed by atoms with Gasteiger partial charge in [0.2, 0.25) is 4.80 Å². The normalized spacial score (nSPS) is 11.5. The van der Waals surface area contributed by atoms with Gasteiger partial charge in [0.05, 0.1) is 10.6 Å². The minimum absolute atomic E-state index is 0.0854. The van der Waals surface area contributed by atoms with Crippen LogP contribution >= 0.6 is 11.3 Å². The predicted octanol–water partition coefficient (Wildman–Crippen LogP) is 3.44. The maximum atomic E-state index is 10.9. The molecule has 0 N–H and O–H groups in total. The summed E-state index contributed by atoms with van der Waals surface area (Å²) in [6.07, 6.45) is 0. The van der Waals surface area contributed by atoms with E-state index in [1.165, 1.54) is 17.4 Å². The van der Waals surface area contributed by atoms with E-state index in [4.69, 9.17) is 0 Å². The van der Waals surface area contributed by atoms with E-state index in [9.17, 15) is 10.1 Å². The van der Waals surface area contributed by atoms with Crippen molar-refractivity contribution in [3.63, 3.8) is 0 Å². The van der Waals surface area contributed by atoms with Crippen molar-refractivity contribution in [2.45, 2.75) is 27.3 Å². The van der Waals surface area contributed by atoms with Crippen molar-refractivity contribution in [2.24, 2.45) is 10.2 Å². The van der Waals surface area contributed by atoms with Crippen LogP contribution in [0, 0.1) is 10.1 Å². The number of hydrogen-bond donors (Lipinski definition) is 0. The molecular formula is C14H16N4O2S. The van der Waals surface area contributed by atoms with E-state index in [1.807, 2.05) is 36.8 Å². The second kappa shape index (κ2) is 6.45. The summed E-state index contributed by atoms with van der Waals surface area (Å²) in [6, 6.07) is 6.62. The zero-order valence-electron chi connectivity index (χ0n) is 12.1. The molecule has 0 aliphatic carbocycles. The first-order valence-electron chi connectivity index (χ1n) is 6.51. The molecule has 0 atom stereocenters. The molecule has 0 bridgehead atoms. The summed E-state index contributed by atoms with van der Waals surface area (Å²) in [5.74, 6) is 0. The van der Waals surface area contributed by atoms with Crippen LogP contribution < -0.4 is 4.80 Å². The van der Waals surface area contributed by atoms with Gasteiger partial charge in [0.15, 0.2) is 0 Å². The van der Waals surface area contributed by atoms with Gasteiger partial charge in [-0.25, -0.2) is 0 Å². The Kier molecular flexibility index (Phi) is 4.64. The Labute approximate surface area is 126 Å². The molecule has 0 saturated carbocycles. The number of nitro groups is 1. The molecule has 0 unspecified atom stereocenters. The van der Waals surface area contributed by atoms with E-state index in [0.29, 0.717) is 0 Å². The molecule has 0 amide bonds. The highest BCUT2D eigenvalue weighted by atomic mass is 32.1. The van der Waals surface area contributed by atoms with Crippen LogP contribution in [0.4, 0.5) is 5.69 Å². The van der Waals surface area contributed by atoms with Crippen molar-refractivity contribution in [3.8, 4) is 11.3 Å². The molecule has 2 aromatic rings. The van der Waals surface area contributed by atoms with Crippen LogP contribution in [0.3, 0.4) is 0 Å². The molecule has 21 heavy (non-hydrogen) atoms. The first-order valence-corrected chi connectivity index (χ1v) is 7.39. The highest BCUT2D eigenvalue weighted by Crippen LogP contribution is 2.24. The molecule has 1 aromatic heterocycles. The fraction of sp³-hybridized carbons (Fsp3) is 0.286. The average Bonchev–Trinajstić information content (AvgIpc) is 2.88. The molecule has 1 heterocycles. The number of hydrogen-bond acceptors (Lipinski definition) is 5. The van der Waals surface area contributed by atoms with E-state index in [1.54, 1.807) is 12.1 Å². The third kappa shape index (κ3) is 3.43. The minimum Gasteiger partial charge on any atom is -0.315 e. The molecule has 0 saturated heterocycles. The van der Waals surface area contributed by atoms with E-state index in [2.05, 4.69) is 10.2 Å². The van der Waals surface area contributed by atoms with Crippen molar-refractivity contribution in [1.29, 1.82) is 0 Å². The van der Waals surface area contributed by atoms with Gasteiger partial charge in [0.1, 0.15) is 0 Å². The highest BCUT2D eigenvalue weighted by Gasteiger charge is 2.11. The topological polar surface area (TPSA) is 72.8 Å². The lowest BCUT2D eigenvalue weighted by Crippen LogP contribution is -2.14. The predicted molar refractivity (Wildman–Crippen MR) is 84.4 cm³/mol. The summed E-state index contributed by atoms with van der Waals surface area (Å²) in [6.45, 7) is 6.50. The van der Waals surface area contributed by atoms with Crippen LogP contribution in [0.1, 0.15) is 20.8 Å². The van der Waals surface area contributed by atoms with Crippen molar-refractivity contribution in [2.75, 3.05) is 0 Å². The van der Waals surface area contributed by atoms with Gasteiger partial charge in [-0.05, 0) is 20.8 Å². The lowest BCUT2D eigenvalue weighted by Gasteiger charge is -2.05.